The maximum absolute atomic E-state index is 4.52. The Bertz CT molecular complexity index is 538. The average Bonchev–Trinajstić information content (AvgIpc) is 2.98. The molecule has 0 saturated heterocycles. The van der Waals surface area contributed by atoms with Crippen LogP contribution in [-0.4, -0.2) is 25.5 Å². The lowest BCUT2D eigenvalue weighted by Gasteiger charge is -2.12. The lowest BCUT2D eigenvalue weighted by Crippen LogP contribution is -2.13. The summed E-state index contributed by atoms with van der Waals surface area (Å²) in [4.78, 5) is 8.74. The van der Waals surface area contributed by atoms with Crippen molar-refractivity contribution in [2.45, 2.75) is 52.5 Å². The Morgan fingerprint density at radius 3 is 2.70 bits per heavy atom. The third-order valence-corrected chi connectivity index (χ3v) is 3.80. The number of nitrogens with one attached hydrogen (secondary N) is 1. The van der Waals surface area contributed by atoms with Gasteiger partial charge in [0.05, 0.1) is 0 Å². The summed E-state index contributed by atoms with van der Waals surface area (Å²) < 4.78 is 6.58. The van der Waals surface area contributed by atoms with Gasteiger partial charge in [-0.25, -0.2) is 9.97 Å². The van der Waals surface area contributed by atoms with Crippen LogP contribution >= 0.6 is 11.5 Å². The number of hydrogen-bond donors (Lipinski definition) is 1. The minimum atomic E-state index is 0.0232. The second-order valence-electron chi connectivity index (χ2n) is 5.97. The number of unbranched alkanes of at least 4 members (excludes halogenated alkanes) is 1. The Labute approximate surface area is 124 Å². The van der Waals surface area contributed by atoms with Gasteiger partial charge in [0, 0.05) is 42.4 Å². The third-order valence-electron chi connectivity index (χ3n) is 3.12. The summed E-state index contributed by atoms with van der Waals surface area (Å²) in [6.07, 6.45) is 6.13. The minimum absolute atomic E-state index is 0.0232. The van der Waals surface area contributed by atoms with Gasteiger partial charge in [0.15, 0.2) is 0 Å². The summed E-state index contributed by atoms with van der Waals surface area (Å²) >= 11 is 1.45. The van der Waals surface area contributed by atoms with Crippen molar-refractivity contribution >= 4 is 16.7 Å². The fourth-order valence-corrected chi connectivity index (χ4v) is 2.62. The first-order chi connectivity index (χ1) is 9.47. The molecule has 5 nitrogen and oxygen atoms in total. The Morgan fingerprint density at radius 2 is 2.10 bits per heavy atom. The van der Waals surface area contributed by atoms with E-state index in [2.05, 4.69) is 45.0 Å². The standard InChI is InChI=1S/C14H23N5S/c1-11-15-8-10-19(11)9-6-5-7-16-13-17-12(18-20-13)14(2,3)4/h8,10H,5-7,9H2,1-4H3,(H,16,17,18). The molecule has 1 N–H and O–H groups in total. The van der Waals surface area contributed by atoms with Crippen molar-refractivity contribution in [1.82, 2.24) is 18.9 Å². The predicted molar refractivity (Wildman–Crippen MR) is 83.3 cm³/mol. The molecule has 0 atom stereocenters. The van der Waals surface area contributed by atoms with Crippen molar-refractivity contribution in [3.63, 3.8) is 0 Å². The molecule has 0 fully saturated rings. The van der Waals surface area contributed by atoms with Gasteiger partial charge in [-0.1, -0.05) is 20.8 Å². The number of imidazole rings is 1. The zero-order valence-corrected chi connectivity index (χ0v) is 13.5. The van der Waals surface area contributed by atoms with Crippen LogP contribution in [0.15, 0.2) is 12.4 Å². The molecule has 0 amide bonds. The van der Waals surface area contributed by atoms with Crippen molar-refractivity contribution in [3.8, 4) is 0 Å². The van der Waals surface area contributed by atoms with Crippen molar-refractivity contribution in [2.24, 2.45) is 0 Å². The number of aromatic nitrogens is 4. The minimum Gasteiger partial charge on any atom is -0.360 e. The van der Waals surface area contributed by atoms with E-state index in [1.54, 1.807) is 0 Å². The Balaban J connectivity index is 1.69. The number of anilines is 1. The van der Waals surface area contributed by atoms with Crippen molar-refractivity contribution in [3.05, 3.63) is 24.0 Å². The molecule has 2 aromatic rings. The van der Waals surface area contributed by atoms with E-state index >= 15 is 0 Å². The van der Waals surface area contributed by atoms with Gasteiger partial charge in [-0.05, 0) is 19.8 Å². The number of nitrogens with zero attached hydrogens (tertiary/aromatic N) is 4. The zero-order valence-electron chi connectivity index (χ0n) is 12.7. The quantitative estimate of drug-likeness (QED) is 0.831. The molecule has 0 aliphatic carbocycles. The van der Waals surface area contributed by atoms with Gasteiger partial charge in [0.1, 0.15) is 11.6 Å². The van der Waals surface area contributed by atoms with Gasteiger partial charge in [0.2, 0.25) is 5.13 Å². The molecule has 0 aliphatic heterocycles. The highest BCUT2D eigenvalue weighted by Crippen LogP contribution is 2.22. The first-order valence-electron chi connectivity index (χ1n) is 7.02. The van der Waals surface area contributed by atoms with Crippen LogP contribution < -0.4 is 5.32 Å². The number of rotatable bonds is 6. The molecule has 0 unspecified atom stereocenters. The molecule has 2 heterocycles. The highest BCUT2D eigenvalue weighted by atomic mass is 32.1. The van der Waals surface area contributed by atoms with Crippen LogP contribution in [-0.2, 0) is 12.0 Å². The summed E-state index contributed by atoms with van der Waals surface area (Å²) in [5.41, 5.74) is 0.0232. The predicted octanol–water partition coefficient (Wildman–Crippen LogP) is 3.23. The molecule has 0 bridgehead atoms. The Hall–Kier alpha value is -1.43. The fraction of sp³-hybridized carbons (Fsp3) is 0.643. The molecule has 0 radical (unpaired) electrons. The number of hydrogen-bond acceptors (Lipinski definition) is 5. The van der Waals surface area contributed by atoms with E-state index in [1.165, 1.54) is 11.5 Å². The summed E-state index contributed by atoms with van der Waals surface area (Å²) in [5.74, 6) is 2.00. The first-order valence-corrected chi connectivity index (χ1v) is 7.80. The maximum atomic E-state index is 4.52. The van der Waals surface area contributed by atoms with E-state index in [1.807, 2.05) is 19.3 Å². The molecule has 20 heavy (non-hydrogen) atoms. The van der Waals surface area contributed by atoms with Crippen LogP contribution in [0.2, 0.25) is 0 Å². The van der Waals surface area contributed by atoms with Crippen molar-refractivity contribution < 1.29 is 0 Å². The Morgan fingerprint density at radius 1 is 1.30 bits per heavy atom. The fourth-order valence-electron chi connectivity index (χ4n) is 1.84. The molecule has 110 valence electrons. The van der Waals surface area contributed by atoms with Gasteiger partial charge in [-0.2, -0.15) is 4.37 Å². The van der Waals surface area contributed by atoms with E-state index in [0.29, 0.717) is 0 Å². The topological polar surface area (TPSA) is 55.6 Å². The van der Waals surface area contributed by atoms with E-state index in [4.69, 9.17) is 0 Å². The average molecular weight is 293 g/mol. The van der Waals surface area contributed by atoms with Crippen LogP contribution in [0.1, 0.15) is 45.3 Å². The van der Waals surface area contributed by atoms with Crippen molar-refractivity contribution in [1.29, 1.82) is 0 Å². The lowest BCUT2D eigenvalue weighted by molar-refractivity contribution is 0.555. The van der Waals surface area contributed by atoms with Gasteiger partial charge >= 0.3 is 0 Å². The summed E-state index contributed by atoms with van der Waals surface area (Å²) in [6, 6.07) is 0. The van der Waals surface area contributed by atoms with Crippen LogP contribution in [0.4, 0.5) is 5.13 Å². The van der Waals surface area contributed by atoms with Crippen molar-refractivity contribution in [2.75, 3.05) is 11.9 Å². The van der Waals surface area contributed by atoms with Gasteiger partial charge in [-0.15, -0.1) is 0 Å². The van der Waals surface area contributed by atoms with E-state index in [-0.39, 0.29) is 5.41 Å². The highest BCUT2D eigenvalue weighted by molar-refractivity contribution is 7.09. The second-order valence-corrected chi connectivity index (χ2v) is 6.73. The monoisotopic (exact) mass is 293 g/mol. The third kappa shape index (κ3) is 4.03. The van der Waals surface area contributed by atoms with Crippen LogP contribution in [0, 0.1) is 6.92 Å². The van der Waals surface area contributed by atoms with Gasteiger partial charge in [0.25, 0.3) is 0 Å². The molecule has 0 aliphatic rings. The summed E-state index contributed by atoms with van der Waals surface area (Å²) in [6.45, 7) is 10.4. The molecule has 0 saturated carbocycles. The normalized spacial score (nSPS) is 11.8. The smallest absolute Gasteiger partial charge is 0.202 e. The molecule has 2 rings (SSSR count). The van der Waals surface area contributed by atoms with E-state index in [9.17, 15) is 0 Å². The summed E-state index contributed by atoms with van der Waals surface area (Å²) in [5, 5.41) is 4.28. The molecule has 0 spiro atoms. The molecular formula is C14H23N5S. The van der Waals surface area contributed by atoms with Crippen LogP contribution in [0.3, 0.4) is 0 Å². The maximum Gasteiger partial charge on any atom is 0.202 e. The zero-order chi connectivity index (χ0) is 14.6. The van der Waals surface area contributed by atoms with Crippen LogP contribution in [0.5, 0.6) is 0 Å². The first kappa shape index (κ1) is 15.0. The summed E-state index contributed by atoms with van der Waals surface area (Å²) in [7, 11) is 0. The highest BCUT2D eigenvalue weighted by Gasteiger charge is 2.19. The molecule has 6 heteroatoms. The molecule has 0 aromatic carbocycles. The molecular weight excluding hydrogens is 270 g/mol. The lowest BCUT2D eigenvalue weighted by atomic mass is 9.96. The molecule has 2 aromatic heterocycles. The second kappa shape index (κ2) is 6.35. The SMILES string of the molecule is Cc1nccn1CCCCNc1nc(C(C)(C)C)ns1. The van der Waals surface area contributed by atoms with Crippen LogP contribution in [0.25, 0.3) is 0 Å². The van der Waals surface area contributed by atoms with Gasteiger partial charge in [-0.3, -0.25) is 0 Å². The Kier molecular flexibility index (Phi) is 4.75. The number of aryl methyl sites for hydroxylation is 2. The van der Waals surface area contributed by atoms with E-state index in [0.717, 1.165) is 42.7 Å². The van der Waals surface area contributed by atoms with Gasteiger partial charge < -0.3 is 9.88 Å². The van der Waals surface area contributed by atoms with E-state index < -0.39 is 0 Å². The largest absolute Gasteiger partial charge is 0.360 e.